The van der Waals surface area contributed by atoms with Gasteiger partial charge in [0.25, 0.3) is 0 Å². The van der Waals surface area contributed by atoms with E-state index in [9.17, 15) is 28.1 Å². The number of benzene rings is 2. The molecule has 2 bridgehead atoms. The summed E-state index contributed by atoms with van der Waals surface area (Å²) in [6.45, 7) is 0. The summed E-state index contributed by atoms with van der Waals surface area (Å²) in [5.41, 5.74) is 1.61. The Hall–Kier alpha value is -0.890. The third-order valence-corrected chi connectivity index (χ3v) is 8.20. The van der Waals surface area contributed by atoms with Gasteiger partial charge in [-0.3, -0.25) is 13.8 Å². The van der Waals surface area contributed by atoms with Gasteiger partial charge in [-0.2, -0.15) is 0 Å². The molecule has 7 unspecified atom stereocenters. The summed E-state index contributed by atoms with van der Waals surface area (Å²) in [6.07, 6.45) is -0.166. The van der Waals surface area contributed by atoms with Gasteiger partial charge in [0, 0.05) is 22.0 Å². The minimum absolute atomic E-state index is 0. The van der Waals surface area contributed by atoms with Crippen LogP contribution in [0.1, 0.15) is 5.56 Å². The van der Waals surface area contributed by atoms with Gasteiger partial charge >= 0.3 is 59.1 Å². The fraction of sp³-hybridized carbons (Fsp3) is 0.318. The van der Waals surface area contributed by atoms with Gasteiger partial charge in [0.05, 0.1) is 35.3 Å². The van der Waals surface area contributed by atoms with Gasteiger partial charge in [-0.25, -0.2) is 4.90 Å². The van der Waals surface area contributed by atoms with Gasteiger partial charge in [-0.1, -0.05) is 17.3 Å². The molecule has 6 rings (SSSR count). The molecule has 0 spiro atoms. The summed E-state index contributed by atoms with van der Waals surface area (Å²) in [6, 6.07) is 12.2. The fourth-order valence-corrected chi connectivity index (χ4v) is 6.35. The average Bonchev–Trinajstić information content (AvgIpc) is 3.54. The average molecular weight is 562 g/mol. The monoisotopic (exact) mass is 562 g/mol. The van der Waals surface area contributed by atoms with Gasteiger partial charge in [0.15, 0.2) is 6.10 Å². The van der Waals surface area contributed by atoms with Gasteiger partial charge in [0.2, 0.25) is 11.8 Å². The molecule has 2 aromatic rings. The first-order valence-electron chi connectivity index (χ1n) is 10.7. The van der Waals surface area contributed by atoms with Crippen LogP contribution in [0.15, 0.2) is 58.6 Å². The van der Waals surface area contributed by atoms with Crippen LogP contribution in [-0.4, -0.2) is 46.3 Å². The van der Waals surface area contributed by atoms with Crippen molar-refractivity contribution in [3.05, 3.63) is 54.1 Å². The summed E-state index contributed by atoms with van der Waals surface area (Å²) in [5.74, 6) is -2.87. The molecule has 37 heavy (non-hydrogen) atoms. The van der Waals surface area contributed by atoms with E-state index in [-0.39, 0.29) is 76.5 Å². The molecule has 4 heterocycles. The summed E-state index contributed by atoms with van der Waals surface area (Å²) in [5, 5.41) is 4.24. The number of rotatable bonds is 5. The van der Waals surface area contributed by atoms with Crippen LogP contribution in [0, 0.1) is 17.8 Å². The number of phosphoric ester groups is 1. The molecule has 2 aromatic carbocycles. The van der Waals surface area contributed by atoms with Crippen molar-refractivity contribution >= 4 is 41.8 Å². The van der Waals surface area contributed by atoms with Crippen LogP contribution in [-0.2, 0) is 34.5 Å². The topological polar surface area (TPSA) is 158 Å². The van der Waals surface area contributed by atoms with Crippen molar-refractivity contribution in [2.24, 2.45) is 22.9 Å². The number of hydrogen-bond acceptors (Lipinski definition) is 10. The van der Waals surface area contributed by atoms with Crippen LogP contribution in [0.3, 0.4) is 0 Å². The van der Waals surface area contributed by atoms with Crippen LogP contribution >= 0.6 is 7.82 Å². The second-order valence-corrected chi connectivity index (χ2v) is 11.2. The Balaban J connectivity index is 0.00000160. The summed E-state index contributed by atoms with van der Waals surface area (Å²) in [4.78, 5) is 55.7. The Morgan fingerprint density at radius 2 is 1.51 bits per heavy atom. The predicted octanol–water partition coefficient (Wildman–Crippen LogP) is -6.05. The summed E-state index contributed by atoms with van der Waals surface area (Å²) >= 11 is 0. The van der Waals surface area contributed by atoms with Gasteiger partial charge in [-0.15, -0.1) is 0 Å². The standard InChI is InChI=1S/C22H19N2O9PS.2Na/c1-35(30)13-8-2-10(3-9-13)17-16-18-14-15(19(31-18)20(16)32-23-17)22(26)24(21(14)25)11-4-6-12(7-5-11)33-34(27,28)29;;/h2-9,14-16,18-20H,1H3,(H2,27,28,29);;/q;2*+1/p-2. The van der Waals surface area contributed by atoms with E-state index in [2.05, 4.69) is 9.68 Å². The van der Waals surface area contributed by atoms with Crippen LogP contribution < -0.4 is 78.3 Å². The predicted molar refractivity (Wildman–Crippen MR) is 116 cm³/mol. The van der Waals surface area contributed by atoms with Gasteiger partial charge < -0.3 is 28.5 Å². The number of carbonyl (C=O) groups is 2. The van der Waals surface area contributed by atoms with Crippen LogP contribution in [0.2, 0.25) is 0 Å². The Labute approximate surface area is 258 Å². The second-order valence-electron chi connectivity index (χ2n) is 8.71. The van der Waals surface area contributed by atoms with Crippen molar-refractivity contribution < 1.29 is 101 Å². The van der Waals surface area contributed by atoms with E-state index in [1.165, 1.54) is 24.3 Å². The van der Waals surface area contributed by atoms with Gasteiger partial charge in [-0.05, 0) is 42.0 Å². The Morgan fingerprint density at radius 3 is 2.08 bits per heavy atom. The Kier molecular flexibility index (Phi) is 8.33. The largest absolute Gasteiger partial charge is 1.00 e. The van der Waals surface area contributed by atoms with Crippen molar-refractivity contribution in [1.29, 1.82) is 0 Å². The quantitative estimate of drug-likeness (QED) is 0.197. The number of phosphoric acid groups is 1. The number of hydrogen-bond donors (Lipinski definition) is 0. The van der Waals surface area contributed by atoms with Crippen LogP contribution in [0.4, 0.5) is 5.69 Å². The Morgan fingerprint density at radius 1 is 0.919 bits per heavy atom. The maximum atomic E-state index is 13.4. The molecule has 3 saturated heterocycles. The van der Waals surface area contributed by atoms with Gasteiger partial charge in [0.1, 0.15) is 19.7 Å². The first-order chi connectivity index (χ1) is 16.6. The maximum Gasteiger partial charge on any atom is 1.00 e. The molecule has 0 N–H and O–H groups in total. The molecular weight excluding hydrogens is 545 g/mol. The van der Waals surface area contributed by atoms with Crippen molar-refractivity contribution in [2.75, 3.05) is 11.2 Å². The molecule has 2 amide bonds. The van der Waals surface area contributed by atoms with Crippen LogP contribution in [0.5, 0.6) is 5.75 Å². The van der Waals surface area contributed by atoms with Crippen LogP contribution in [0.25, 0.3) is 0 Å². The second kappa shape index (κ2) is 10.6. The van der Waals surface area contributed by atoms with E-state index in [1.807, 2.05) is 0 Å². The number of oxime groups is 1. The zero-order chi connectivity index (χ0) is 24.6. The first kappa shape index (κ1) is 29.1. The molecule has 4 aliphatic heterocycles. The molecule has 0 saturated carbocycles. The molecule has 15 heteroatoms. The number of imide groups is 1. The van der Waals surface area contributed by atoms with Crippen molar-refractivity contribution in [3.63, 3.8) is 0 Å². The van der Waals surface area contributed by atoms with E-state index in [0.717, 1.165) is 10.5 Å². The van der Waals surface area contributed by atoms with Crippen molar-refractivity contribution in [2.45, 2.75) is 23.2 Å². The minimum Gasteiger partial charge on any atom is -0.780 e. The third-order valence-electron chi connectivity index (χ3n) is 6.83. The molecule has 11 nitrogen and oxygen atoms in total. The zero-order valence-corrected chi connectivity index (χ0v) is 25.7. The molecule has 182 valence electrons. The summed E-state index contributed by atoms with van der Waals surface area (Å²) < 4.78 is 32.9. The van der Waals surface area contributed by atoms with Crippen molar-refractivity contribution in [1.82, 2.24) is 0 Å². The molecule has 0 radical (unpaired) electrons. The SMILES string of the molecule is CS(=O)c1ccc(C2=NOC3C4OC(C23)C2C(=O)N(c3ccc(OP(=O)([O-])[O-])cc3)C(=O)C42)cc1.[Na+].[Na+]. The minimum atomic E-state index is -5.23. The van der Waals surface area contributed by atoms with E-state index in [0.29, 0.717) is 10.6 Å². The van der Waals surface area contributed by atoms with E-state index in [4.69, 9.17) is 9.57 Å². The molecular formula is C22H17N2Na2O9PS. The number of fused-ring (bicyclic) bond motifs is 8. The number of anilines is 1. The number of carbonyl (C=O) groups excluding carboxylic acids is 2. The number of nitrogens with zero attached hydrogens (tertiary/aromatic N) is 2. The van der Waals surface area contributed by atoms with E-state index in [1.54, 1.807) is 30.5 Å². The molecule has 0 aromatic heterocycles. The summed E-state index contributed by atoms with van der Waals surface area (Å²) in [7, 11) is -6.35. The molecule has 3 fully saturated rings. The molecule has 7 atom stereocenters. The first-order valence-corrected chi connectivity index (χ1v) is 13.7. The van der Waals surface area contributed by atoms with E-state index < -0.39 is 60.6 Å². The third kappa shape index (κ3) is 4.85. The maximum absolute atomic E-state index is 13.4. The molecule has 4 aliphatic rings. The number of amides is 2. The normalized spacial score (nSPS) is 30.0. The smallest absolute Gasteiger partial charge is 0.780 e. The number of ether oxygens (including phenoxy) is 1. The fourth-order valence-electron chi connectivity index (χ4n) is 5.45. The van der Waals surface area contributed by atoms with Crippen molar-refractivity contribution in [3.8, 4) is 5.75 Å². The molecule has 0 aliphatic carbocycles. The van der Waals surface area contributed by atoms with E-state index >= 15 is 0 Å². The zero-order valence-electron chi connectivity index (χ0n) is 20.0. The Bertz CT molecular complexity index is 1350.